The second kappa shape index (κ2) is 17.1. The zero-order valence-corrected chi connectivity index (χ0v) is 28.0. The minimum Gasteiger partial charge on any atom is -0.399 e. The van der Waals surface area contributed by atoms with E-state index < -0.39 is 0 Å². The molecule has 4 rings (SSSR count). The smallest absolute Gasteiger partial charge is 0.0319 e. The number of hydrogen-bond acceptors (Lipinski definition) is 2. The van der Waals surface area contributed by atoms with Crippen molar-refractivity contribution in [2.75, 3.05) is 11.5 Å². The van der Waals surface area contributed by atoms with E-state index in [1.165, 1.54) is 133 Å². The highest BCUT2D eigenvalue weighted by atomic mass is 14.5. The maximum absolute atomic E-state index is 6.00. The van der Waals surface area contributed by atoms with Gasteiger partial charge < -0.3 is 11.5 Å². The maximum atomic E-state index is 6.00. The average molecular weight is 589 g/mol. The Bertz CT molecular complexity index is 1290. The second-order valence-corrected chi connectivity index (χ2v) is 13.3. The zero-order valence-electron chi connectivity index (χ0n) is 28.0. The molecule has 0 fully saturated rings. The molecule has 0 saturated carbocycles. The summed E-state index contributed by atoms with van der Waals surface area (Å²) < 4.78 is 0. The fraction of sp³-hybridized carbons (Fsp3) is 0.429. The Hall–Kier alpha value is -3.52. The van der Waals surface area contributed by atoms with Gasteiger partial charge in [0.2, 0.25) is 0 Å². The summed E-state index contributed by atoms with van der Waals surface area (Å²) in [7, 11) is 0. The summed E-state index contributed by atoms with van der Waals surface area (Å²) in [4.78, 5) is 0. The predicted molar refractivity (Wildman–Crippen MR) is 193 cm³/mol. The fourth-order valence-electron chi connectivity index (χ4n) is 6.74. The van der Waals surface area contributed by atoms with Crippen LogP contribution in [0.3, 0.4) is 0 Å². The van der Waals surface area contributed by atoms with Gasteiger partial charge in [0.1, 0.15) is 0 Å². The molecular weight excluding hydrogens is 532 g/mol. The Balaban J connectivity index is 1.000. The highest BCUT2D eigenvalue weighted by molar-refractivity contribution is 5.51. The molecule has 2 heteroatoms. The van der Waals surface area contributed by atoms with Crippen molar-refractivity contribution in [3.05, 3.63) is 128 Å². The van der Waals surface area contributed by atoms with Crippen LogP contribution in [0.4, 0.5) is 11.4 Å². The summed E-state index contributed by atoms with van der Waals surface area (Å²) in [5, 5.41) is 0. The summed E-state index contributed by atoms with van der Waals surface area (Å²) >= 11 is 0. The number of nitrogen functional groups attached to an aromatic ring is 2. The lowest BCUT2D eigenvalue weighted by molar-refractivity contribution is 0.551. The summed E-state index contributed by atoms with van der Waals surface area (Å²) in [6.45, 7) is 8.67. The molecule has 0 heterocycles. The quantitative estimate of drug-likeness (QED) is 0.0952. The molecule has 0 aliphatic rings. The average Bonchev–Trinajstić information content (AvgIpc) is 2.98. The van der Waals surface area contributed by atoms with Crippen molar-refractivity contribution in [3.63, 3.8) is 0 Å². The summed E-state index contributed by atoms with van der Waals surface area (Å²) in [6.07, 6.45) is 18.0. The third-order valence-corrected chi connectivity index (χ3v) is 9.43. The van der Waals surface area contributed by atoms with E-state index >= 15 is 0 Å². The Kier molecular flexibility index (Phi) is 13.0. The molecule has 0 spiro atoms. The molecule has 234 valence electrons. The first-order valence-electron chi connectivity index (χ1n) is 17.2. The van der Waals surface area contributed by atoms with Crippen LogP contribution < -0.4 is 11.5 Å². The third kappa shape index (κ3) is 10.6. The van der Waals surface area contributed by atoms with Gasteiger partial charge in [-0.1, -0.05) is 99.9 Å². The van der Waals surface area contributed by atoms with Gasteiger partial charge >= 0.3 is 0 Å². The summed E-state index contributed by atoms with van der Waals surface area (Å²) in [6, 6.07) is 26.9. The topological polar surface area (TPSA) is 52.0 Å². The van der Waals surface area contributed by atoms with Crippen LogP contribution in [0, 0.1) is 27.7 Å². The fourth-order valence-corrected chi connectivity index (χ4v) is 6.74. The van der Waals surface area contributed by atoms with E-state index in [0.717, 1.165) is 24.2 Å². The molecule has 0 unspecified atom stereocenters. The van der Waals surface area contributed by atoms with Crippen LogP contribution in [0.5, 0.6) is 0 Å². The molecule has 44 heavy (non-hydrogen) atoms. The molecular formula is C42H56N2. The number of unbranched alkanes of at least 4 members (excludes halogenated alkanes) is 9. The van der Waals surface area contributed by atoms with Crippen molar-refractivity contribution in [2.45, 2.75) is 118 Å². The van der Waals surface area contributed by atoms with Crippen LogP contribution in [0.25, 0.3) is 0 Å². The van der Waals surface area contributed by atoms with Crippen LogP contribution in [0.15, 0.2) is 72.8 Å². The SMILES string of the molecule is Cc1cc(N)cc(C)c1Cc1ccc(CCCCCCCCCCCCc2ccc(Cc3c(C)cc(N)cc3C)cc2)cc1. The molecule has 4 N–H and O–H groups in total. The lowest BCUT2D eigenvalue weighted by atomic mass is 9.94. The standard InChI is InChI=1S/C42H56N2/c1-31-25-39(43)26-32(2)41(31)29-37-21-17-35(18-22-37)15-13-11-9-7-5-6-8-10-12-14-16-36-19-23-38(24-20-36)30-42-33(3)27-40(44)28-34(42)4/h17-28H,5-16,29-30,43-44H2,1-4H3. The van der Waals surface area contributed by atoms with E-state index in [2.05, 4.69) is 100 Å². The first-order chi connectivity index (χ1) is 21.3. The van der Waals surface area contributed by atoms with Gasteiger partial charge in [-0.15, -0.1) is 0 Å². The molecule has 0 saturated heterocycles. The monoisotopic (exact) mass is 588 g/mol. The van der Waals surface area contributed by atoms with Crippen LogP contribution >= 0.6 is 0 Å². The minimum absolute atomic E-state index is 0.861. The van der Waals surface area contributed by atoms with Crippen molar-refractivity contribution in [2.24, 2.45) is 0 Å². The lowest BCUT2D eigenvalue weighted by Crippen LogP contribution is -1.98. The predicted octanol–water partition coefficient (Wildman–Crippen LogP) is 11.0. The van der Waals surface area contributed by atoms with Gasteiger partial charge in [0.05, 0.1) is 0 Å². The van der Waals surface area contributed by atoms with Gasteiger partial charge in [-0.05, 0) is 146 Å². The van der Waals surface area contributed by atoms with Gasteiger partial charge in [-0.3, -0.25) is 0 Å². The molecule has 0 aliphatic heterocycles. The highest BCUT2D eigenvalue weighted by Crippen LogP contribution is 2.23. The van der Waals surface area contributed by atoms with Gasteiger partial charge in [0.25, 0.3) is 0 Å². The van der Waals surface area contributed by atoms with Crippen LogP contribution in [0.1, 0.15) is 120 Å². The molecule has 0 amide bonds. The Labute approximate surface area is 268 Å². The Morgan fingerprint density at radius 2 is 0.614 bits per heavy atom. The molecule has 0 aliphatic carbocycles. The first kappa shape index (κ1) is 33.4. The van der Waals surface area contributed by atoms with Crippen LogP contribution in [-0.4, -0.2) is 0 Å². The van der Waals surface area contributed by atoms with Gasteiger partial charge in [0.15, 0.2) is 0 Å². The van der Waals surface area contributed by atoms with Crippen LogP contribution in [0.2, 0.25) is 0 Å². The van der Waals surface area contributed by atoms with Crippen molar-refractivity contribution in [1.82, 2.24) is 0 Å². The Morgan fingerprint density at radius 1 is 0.364 bits per heavy atom. The van der Waals surface area contributed by atoms with Crippen LogP contribution in [-0.2, 0) is 25.7 Å². The molecule has 4 aromatic carbocycles. The molecule has 2 nitrogen and oxygen atoms in total. The normalized spacial score (nSPS) is 11.3. The van der Waals surface area contributed by atoms with E-state index in [0.29, 0.717) is 0 Å². The molecule has 0 bridgehead atoms. The summed E-state index contributed by atoms with van der Waals surface area (Å²) in [5.41, 5.74) is 27.4. The zero-order chi connectivity index (χ0) is 31.3. The van der Waals surface area contributed by atoms with E-state index in [-0.39, 0.29) is 0 Å². The largest absolute Gasteiger partial charge is 0.399 e. The summed E-state index contributed by atoms with van der Waals surface area (Å²) in [5.74, 6) is 0. The number of hydrogen-bond donors (Lipinski definition) is 2. The number of rotatable bonds is 17. The van der Waals surface area contributed by atoms with Crippen molar-refractivity contribution in [3.8, 4) is 0 Å². The van der Waals surface area contributed by atoms with E-state index in [9.17, 15) is 0 Å². The molecule has 4 aromatic rings. The number of anilines is 2. The van der Waals surface area contributed by atoms with E-state index in [1.807, 2.05) is 0 Å². The number of benzene rings is 4. The number of aryl methyl sites for hydroxylation is 6. The van der Waals surface area contributed by atoms with Gasteiger partial charge in [-0.2, -0.15) is 0 Å². The molecule has 0 atom stereocenters. The molecule has 0 radical (unpaired) electrons. The van der Waals surface area contributed by atoms with Crippen molar-refractivity contribution >= 4 is 11.4 Å². The Morgan fingerprint density at radius 3 is 0.909 bits per heavy atom. The van der Waals surface area contributed by atoms with E-state index in [1.54, 1.807) is 0 Å². The maximum Gasteiger partial charge on any atom is 0.0319 e. The first-order valence-corrected chi connectivity index (χ1v) is 17.2. The van der Waals surface area contributed by atoms with Gasteiger partial charge in [0, 0.05) is 11.4 Å². The van der Waals surface area contributed by atoms with Gasteiger partial charge in [-0.25, -0.2) is 0 Å². The van der Waals surface area contributed by atoms with Crippen molar-refractivity contribution in [1.29, 1.82) is 0 Å². The van der Waals surface area contributed by atoms with E-state index in [4.69, 9.17) is 11.5 Å². The lowest BCUT2D eigenvalue weighted by Gasteiger charge is -2.12. The highest BCUT2D eigenvalue weighted by Gasteiger charge is 2.07. The molecule has 0 aromatic heterocycles. The number of nitrogens with two attached hydrogens (primary N) is 2. The minimum atomic E-state index is 0.861. The second-order valence-electron chi connectivity index (χ2n) is 13.3. The third-order valence-electron chi connectivity index (χ3n) is 9.43. The van der Waals surface area contributed by atoms with Crippen molar-refractivity contribution < 1.29 is 0 Å².